The molecule has 0 atom stereocenters. The van der Waals surface area contributed by atoms with Crippen molar-refractivity contribution in [2.24, 2.45) is 5.73 Å². The van der Waals surface area contributed by atoms with Gasteiger partial charge in [-0.25, -0.2) is 13.2 Å². The van der Waals surface area contributed by atoms with Crippen molar-refractivity contribution in [2.75, 3.05) is 0 Å². The van der Waals surface area contributed by atoms with Gasteiger partial charge in [-0.15, -0.1) is 0 Å². The van der Waals surface area contributed by atoms with E-state index in [2.05, 4.69) is 21.0 Å². The van der Waals surface area contributed by atoms with Gasteiger partial charge in [0, 0.05) is 27.8 Å². The zero-order valence-electron chi connectivity index (χ0n) is 23.5. The SMILES string of the molecule is N#Cc1c(C(=O)c2cc(F)ccc2Cl)c(-c2c(F)cc(C(F)(F)F)cc2C(N)=O)cc2c1c(Br)nn2C(=O)c1cc(F)cc(C(F)(F)F)c1. The summed E-state index contributed by atoms with van der Waals surface area (Å²) in [4.78, 5) is 40.0. The molecule has 1 aromatic heterocycles. The first-order valence-electron chi connectivity index (χ1n) is 13.0. The van der Waals surface area contributed by atoms with E-state index in [-0.39, 0.29) is 24.3 Å². The predicted octanol–water partition coefficient (Wildman–Crippen LogP) is 8.46. The summed E-state index contributed by atoms with van der Waals surface area (Å²) in [5.74, 6) is -8.72. The number of benzene rings is 4. The van der Waals surface area contributed by atoms with Crippen LogP contribution in [0.25, 0.3) is 22.0 Å². The summed E-state index contributed by atoms with van der Waals surface area (Å²) < 4.78 is 125. The number of aromatic nitrogens is 2. The Morgan fingerprint density at radius 3 is 2.08 bits per heavy atom. The number of nitrogens with zero attached hydrogens (tertiary/aromatic N) is 3. The van der Waals surface area contributed by atoms with E-state index in [0.29, 0.717) is 22.9 Å². The lowest BCUT2D eigenvalue weighted by Crippen LogP contribution is -2.18. The van der Waals surface area contributed by atoms with Gasteiger partial charge in [-0.3, -0.25) is 14.4 Å². The Balaban J connectivity index is 1.95. The Morgan fingerprint density at radius 2 is 1.49 bits per heavy atom. The monoisotopic (exact) mass is 772 g/mol. The van der Waals surface area contributed by atoms with Crippen LogP contribution in [-0.4, -0.2) is 27.4 Å². The van der Waals surface area contributed by atoms with Crippen molar-refractivity contribution in [3.8, 4) is 17.2 Å². The molecule has 0 unspecified atom stereocenters. The molecule has 49 heavy (non-hydrogen) atoms. The predicted molar refractivity (Wildman–Crippen MR) is 157 cm³/mol. The molecule has 0 saturated carbocycles. The normalized spacial score (nSPS) is 11.9. The lowest BCUT2D eigenvalue weighted by molar-refractivity contribution is -0.138. The van der Waals surface area contributed by atoms with Gasteiger partial charge in [0.1, 0.15) is 28.1 Å². The second-order valence-electron chi connectivity index (χ2n) is 10.1. The molecule has 2 N–H and O–H groups in total. The Kier molecular flexibility index (Phi) is 8.85. The van der Waals surface area contributed by atoms with E-state index < -0.39 is 118 Å². The van der Waals surface area contributed by atoms with Crippen LogP contribution < -0.4 is 5.73 Å². The Bertz CT molecular complexity index is 2310. The van der Waals surface area contributed by atoms with Crippen molar-refractivity contribution < 1.29 is 53.9 Å². The van der Waals surface area contributed by atoms with Crippen LogP contribution in [0.1, 0.15) is 53.3 Å². The highest BCUT2D eigenvalue weighted by atomic mass is 79.9. The van der Waals surface area contributed by atoms with E-state index >= 15 is 4.39 Å². The first-order valence-corrected chi connectivity index (χ1v) is 14.2. The molecule has 0 bridgehead atoms. The van der Waals surface area contributed by atoms with Crippen LogP contribution >= 0.6 is 27.5 Å². The van der Waals surface area contributed by atoms with Crippen LogP contribution in [0.2, 0.25) is 5.02 Å². The number of carbonyl (C=O) groups excluding carboxylic acids is 3. The minimum atomic E-state index is -5.21. The second-order valence-corrected chi connectivity index (χ2v) is 11.3. The van der Waals surface area contributed by atoms with Crippen molar-refractivity contribution >= 4 is 56.0 Å². The fourth-order valence-corrected chi connectivity index (χ4v) is 5.74. The molecule has 0 saturated heterocycles. The van der Waals surface area contributed by atoms with Crippen molar-refractivity contribution in [2.45, 2.75) is 12.4 Å². The van der Waals surface area contributed by atoms with E-state index in [4.69, 9.17) is 17.3 Å². The van der Waals surface area contributed by atoms with Gasteiger partial charge < -0.3 is 5.73 Å². The maximum absolute atomic E-state index is 15.8. The Labute approximate surface area is 280 Å². The fourth-order valence-electron chi connectivity index (χ4n) is 4.98. The minimum Gasteiger partial charge on any atom is -0.366 e. The summed E-state index contributed by atoms with van der Waals surface area (Å²) in [6.45, 7) is 0. The molecule has 250 valence electrons. The van der Waals surface area contributed by atoms with Crippen LogP contribution in [0.5, 0.6) is 0 Å². The summed E-state index contributed by atoms with van der Waals surface area (Å²) in [5.41, 5.74) is -4.83. The molecule has 0 aliphatic carbocycles. The maximum Gasteiger partial charge on any atom is 0.416 e. The molecule has 5 rings (SSSR count). The van der Waals surface area contributed by atoms with Gasteiger partial charge in [-0.2, -0.15) is 41.4 Å². The lowest BCUT2D eigenvalue weighted by Gasteiger charge is -2.18. The van der Waals surface area contributed by atoms with Crippen molar-refractivity contribution in [3.05, 3.63) is 121 Å². The molecule has 0 radical (unpaired) electrons. The third kappa shape index (κ3) is 6.36. The first kappa shape index (κ1) is 35.1. The number of rotatable bonds is 5. The number of nitriles is 1. The van der Waals surface area contributed by atoms with Crippen LogP contribution in [0.15, 0.2) is 59.2 Å². The van der Waals surface area contributed by atoms with Crippen molar-refractivity contribution in [1.82, 2.24) is 9.78 Å². The van der Waals surface area contributed by atoms with Crippen molar-refractivity contribution in [3.63, 3.8) is 0 Å². The zero-order chi connectivity index (χ0) is 36.3. The van der Waals surface area contributed by atoms with E-state index in [1.807, 2.05) is 0 Å². The molecule has 0 spiro atoms. The standard InChI is InChI=1S/C31H11BrClF9N4O3/c32-27-25-19(10-43)24(26(47)16-8-14(34)1-2-20(16)33)17(23-18(28(44)48)6-13(7-21(23)36)31(40,41)42)9-22(25)46(45-27)29(49)11-3-12(30(37,38)39)5-15(35)4-11/h1-9H,(H2,44,48). The number of ketones is 1. The molecular formula is C31H11BrClF9N4O3. The highest BCUT2D eigenvalue weighted by Gasteiger charge is 2.36. The molecule has 0 fully saturated rings. The highest BCUT2D eigenvalue weighted by molar-refractivity contribution is 9.10. The Hall–Kier alpha value is -5.21. The summed E-state index contributed by atoms with van der Waals surface area (Å²) in [6, 6.07) is 5.70. The Morgan fingerprint density at radius 1 is 0.857 bits per heavy atom. The molecule has 0 aliphatic rings. The molecular weight excluding hydrogens is 763 g/mol. The number of halogens is 11. The number of hydrogen-bond acceptors (Lipinski definition) is 5. The largest absolute Gasteiger partial charge is 0.416 e. The second kappa shape index (κ2) is 12.3. The van der Waals surface area contributed by atoms with Gasteiger partial charge >= 0.3 is 12.4 Å². The van der Waals surface area contributed by atoms with E-state index in [1.165, 1.54) is 0 Å². The maximum atomic E-state index is 15.8. The number of carbonyl (C=O) groups is 3. The van der Waals surface area contributed by atoms with Gasteiger partial charge in [-0.05, 0) is 70.5 Å². The third-order valence-corrected chi connectivity index (χ3v) is 7.94. The number of nitrogens with two attached hydrogens (primary N) is 1. The molecule has 18 heteroatoms. The summed E-state index contributed by atoms with van der Waals surface area (Å²) >= 11 is 9.10. The average molecular weight is 774 g/mol. The third-order valence-electron chi connectivity index (χ3n) is 7.06. The average Bonchev–Trinajstić information content (AvgIpc) is 3.34. The van der Waals surface area contributed by atoms with Gasteiger partial charge in [0.05, 0.1) is 38.2 Å². The van der Waals surface area contributed by atoms with Gasteiger partial charge in [-0.1, -0.05) is 11.6 Å². The lowest BCUT2D eigenvalue weighted by atomic mass is 9.85. The number of amides is 1. The van der Waals surface area contributed by atoms with Crippen molar-refractivity contribution in [1.29, 1.82) is 5.26 Å². The fraction of sp³-hybridized carbons (Fsp3) is 0.0645. The number of fused-ring (bicyclic) bond motifs is 1. The van der Waals surface area contributed by atoms with Gasteiger partial charge in [0.2, 0.25) is 5.91 Å². The summed E-state index contributed by atoms with van der Waals surface area (Å²) in [6.07, 6.45) is -10.3. The number of hydrogen-bond donors (Lipinski definition) is 1. The summed E-state index contributed by atoms with van der Waals surface area (Å²) in [5, 5.41) is 13.3. The quantitative estimate of drug-likeness (QED) is 0.142. The highest BCUT2D eigenvalue weighted by Crippen LogP contribution is 2.42. The minimum absolute atomic E-state index is 0.0504. The van der Waals surface area contributed by atoms with Crippen LogP contribution in [0, 0.1) is 28.8 Å². The molecule has 5 aromatic rings. The topological polar surface area (TPSA) is 119 Å². The van der Waals surface area contributed by atoms with E-state index in [1.54, 1.807) is 6.07 Å². The van der Waals surface area contributed by atoms with Crippen LogP contribution in [-0.2, 0) is 12.4 Å². The zero-order valence-corrected chi connectivity index (χ0v) is 25.8. The van der Waals surface area contributed by atoms with E-state index in [9.17, 15) is 54.8 Å². The van der Waals surface area contributed by atoms with Crippen LogP contribution in [0.4, 0.5) is 39.5 Å². The number of alkyl halides is 6. The smallest absolute Gasteiger partial charge is 0.366 e. The molecule has 4 aromatic carbocycles. The van der Waals surface area contributed by atoms with Gasteiger partial charge in [0.25, 0.3) is 5.91 Å². The molecule has 1 heterocycles. The molecule has 1 amide bonds. The molecule has 0 aliphatic heterocycles. The summed E-state index contributed by atoms with van der Waals surface area (Å²) in [7, 11) is 0. The van der Waals surface area contributed by atoms with Gasteiger partial charge in [0.15, 0.2) is 5.78 Å². The first-order chi connectivity index (χ1) is 22.7. The van der Waals surface area contributed by atoms with Crippen LogP contribution in [0.3, 0.4) is 0 Å². The van der Waals surface area contributed by atoms with E-state index in [0.717, 1.165) is 12.1 Å². The molecule has 7 nitrogen and oxygen atoms in total. The number of primary amides is 1.